The van der Waals surface area contributed by atoms with E-state index < -0.39 is 0 Å². The van der Waals surface area contributed by atoms with E-state index >= 15 is 0 Å². The topological polar surface area (TPSA) is 4.93 Å². The summed E-state index contributed by atoms with van der Waals surface area (Å²) < 4.78 is 2.52. The van der Waals surface area contributed by atoms with Crippen LogP contribution in [0, 0.1) is 5.92 Å². The second kappa shape index (κ2) is 15.9. The number of allylic oxidation sites excluding steroid dienone is 4. The van der Waals surface area contributed by atoms with Crippen LogP contribution >= 0.6 is 0 Å². The molecule has 0 amide bonds. The monoisotopic (exact) mass is 817 g/mol. The number of hydrogen-bond acceptors (Lipinski definition) is 0. The predicted octanol–water partition coefficient (Wildman–Crippen LogP) is 15.9. The van der Waals surface area contributed by atoms with Crippen molar-refractivity contribution in [1.82, 2.24) is 4.57 Å². The summed E-state index contributed by atoms with van der Waals surface area (Å²) in [6, 6.07) is 83.7. The minimum atomic E-state index is -0.327. The molecule has 0 fully saturated rings. The van der Waals surface area contributed by atoms with Crippen LogP contribution < -0.4 is 0 Å². The van der Waals surface area contributed by atoms with Gasteiger partial charge in [0.05, 0.1) is 16.7 Å². The molecular formula is C63H47N. The Morgan fingerprint density at radius 2 is 1.06 bits per heavy atom. The molecule has 0 spiro atoms. The molecule has 9 aromatic carbocycles. The summed E-state index contributed by atoms with van der Waals surface area (Å²) in [4.78, 5) is 0. The normalized spacial score (nSPS) is 15.5. The fraction of sp³-hybridized carbons (Fsp3) is 0.0794. The Bertz CT molecular complexity index is 3330. The van der Waals surface area contributed by atoms with Gasteiger partial charge in [0.25, 0.3) is 0 Å². The molecule has 0 N–H and O–H groups in total. The molecule has 1 aromatic heterocycles. The fourth-order valence-corrected chi connectivity index (χ4v) is 11.2. The second-order valence-corrected chi connectivity index (χ2v) is 17.6. The fourth-order valence-electron chi connectivity index (χ4n) is 11.2. The predicted molar refractivity (Wildman–Crippen MR) is 268 cm³/mol. The van der Waals surface area contributed by atoms with Gasteiger partial charge in [0, 0.05) is 27.7 Å². The maximum Gasteiger partial charge on any atom is 0.0543 e. The zero-order valence-corrected chi connectivity index (χ0v) is 35.7. The number of hydrogen-bond donors (Lipinski definition) is 0. The molecule has 12 rings (SSSR count). The Balaban J connectivity index is 0.946. The van der Waals surface area contributed by atoms with Crippen LogP contribution in [0.25, 0.3) is 60.9 Å². The van der Waals surface area contributed by atoms with E-state index in [1.165, 1.54) is 94.3 Å². The van der Waals surface area contributed by atoms with Gasteiger partial charge in [-0.3, -0.25) is 0 Å². The second-order valence-electron chi connectivity index (χ2n) is 17.6. The maximum absolute atomic E-state index is 2.52. The van der Waals surface area contributed by atoms with Crippen molar-refractivity contribution in [3.05, 3.63) is 282 Å². The van der Waals surface area contributed by atoms with Crippen molar-refractivity contribution >= 4 is 21.8 Å². The van der Waals surface area contributed by atoms with Crippen LogP contribution in [0.2, 0.25) is 0 Å². The van der Waals surface area contributed by atoms with Gasteiger partial charge >= 0.3 is 0 Å². The van der Waals surface area contributed by atoms with Gasteiger partial charge in [0.1, 0.15) is 0 Å². The van der Waals surface area contributed by atoms with Crippen LogP contribution in [0.15, 0.2) is 249 Å². The van der Waals surface area contributed by atoms with E-state index in [1.807, 2.05) is 0 Å². The Morgan fingerprint density at radius 3 is 1.81 bits per heavy atom. The highest BCUT2D eigenvalue weighted by molar-refractivity contribution is 6.11. The number of rotatable bonds is 8. The van der Waals surface area contributed by atoms with Crippen LogP contribution in [-0.2, 0) is 11.8 Å². The van der Waals surface area contributed by atoms with Gasteiger partial charge in [0.15, 0.2) is 0 Å². The van der Waals surface area contributed by atoms with E-state index in [0.717, 1.165) is 12.8 Å². The molecule has 2 atom stereocenters. The smallest absolute Gasteiger partial charge is 0.0543 e. The van der Waals surface area contributed by atoms with E-state index in [0.29, 0.717) is 11.8 Å². The highest BCUT2D eigenvalue weighted by Crippen LogP contribution is 2.53. The first-order valence-electron chi connectivity index (χ1n) is 22.7. The Labute approximate surface area is 376 Å². The van der Waals surface area contributed by atoms with E-state index in [-0.39, 0.29) is 5.41 Å². The summed E-state index contributed by atoms with van der Waals surface area (Å²) in [5.74, 6) is 0.745. The zero-order chi connectivity index (χ0) is 42.5. The van der Waals surface area contributed by atoms with Gasteiger partial charge in [-0.15, -0.1) is 0 Å². The van der Waals surface area contributed by atoms with Crippen molar-refractivity contribution < 1.29 is 0 Å². The lowest BCUT2D eigenvalue weighted by Gasteiger charge is -2.42. The number of benzene rings is 9. The van der Waals surface area contributed by atoms with Gasteiger partial charge in [-0.05, 0) is 110 Å². The van der Waals surface area contributed by atoms with Gasteiger partial charge in [0.2, 0.25) is 0 Å². The van der Waals surface area contributed by atoms with Gasteiger partial charge in [-0.1, -0.05) is 218 Å². The summed E-state index contributed by atoms with van der Waals surface area (Å²) >= 11 is 0. The number of fused-ring (bicyclic) bond motifs is 6. The molecule has 0 radical (unpaired) electrons. The third-order valence-electron chi connectivity index (χ3n) is 14.1. The van der Waals surface area contributed by atoms with Crippen molar-refractivity contribution in [2.75, 3.05) is 0 Å². The summed E-state index contributed by atoms with van der Waals surface area (Å²) in [5, 5.41) is 2.51. The summed E-state index contributed by atoms with van der Waals surface area (Å²) in [6.07, 6.45) is 11.0. The first-order chi connectivity index (χ1) is 31.7. The summed E-state index contributed by atoms with van der Waals surface area (Å²) in [7, 11) is 0. The lowest BCUT2D eigenvalue weighted by atomic mass is 9.61. The van der Waals surface area contributed by atoms with E-state index in [1.54, 1.807) is 0 Å². The molecule has 0 saturated heterocycles. The van der Waals surface area contributed by atoms with E-state index in [2.05, 4.69) is 253 Å². The Kier molecular flexibility index (Phi) is 9.42. The quantitative estimate of drug-likeness (QED) is 0.144. The minimum absolute atomic E-state index is 0.310. The highest BCUT2D eigenvalue weighted by Gasteiger charge is 2.42. The summed E-state index contributed by atoms with van der Waals surface area (Å²) in [6.45, 7) is 0. The van der Waals surface area contributed by atoms with Crippen LogP contribution in [0.4, 0.5) is 0 Å². The number of nitrogens with zero attached hydrogens (tertiary/aromatic N) is 1. The molecular weight excluding hydrogens is 771 g/mol. The van der Waals surface area contributed by atoms with Crippen LogP contribution in [0.5, 0.6) is 0 Å². The van der Waals surface area contributed by atoms with Crippen molar-refractivity contribution in [3.63, 3.8) is 0 Å². The Hall–Kier alpha value is -7.74. The average molecular weight is 818 g/mol. The lowest BCUT2D eigenvalue weighted by molar-refractivity contribution is 0.573. The summed E-state index contributed by atoms with van der Waals surface area (Å²) in [5.41, 5.74) is 18.9. The van der Waals surface area contributed by atoms with Crippen LogP contribution in [0.1, 0.15) is 45.7 Å². The van der Waals surface area contributed by atoms with Crippen LogP contribution in [0.3, 0.4) is 0 Å². The molecule has 304 valence electrons. The van der Waals surface area contributed by atoms with Crippen LogP contribution in [-0.4, -0.2) is 4.57 Å². The van der Waals surface area contributed by atoms with Gasteiger partial charge in [-0.25, -0.2) is 0 Å². The molecule has 2 aliphatic carbocycles. The molecule has 0 aliphatic heterocycles. The molecule has 1 heteroatoms. The van der Waals surface area contributed by atoms with Crippen molar-refractivity contribution in [2.24, 2.45) is 5.92 Å². The third kappa shape index (κ3) is 6.30. The first kappa shape index (κ1) is 38.0. The van der Waals surface area contributed by atoms with Crippen molar-refractivity contribution in [1.29, 1.82) is 0 Å². The van der Waals surface area contributed by atoms with Gasteiger partial charge < -0.3 is 4.57 Å². The molecule has 10 aromatic rings. The molecule has 64 heavy (non-hydrogen) atoms. The SMILES string of the molecule is C1=CCC(C(c2ccccc2)c2ccc(-c3cccc(-c4ccc5c(c4)c4ccccc4n5-c4cccc5c4-c4ccccc4C(c4ccccc4)(c4ccccc4)C5)c3)cc2)C=C1. The number of para-hydroxylation sites is 1. The standard InChI is InChI=1S/C63H47N/c1-5-19-45(20-6-1)61(46-21-7-2-8-22-46)47-37-35-44(36-38-47)48-23-17-24-49(41-48)50-39-40-59-56(42-50)54-30-14-16-33-58(54)64(59)60-34-18-25-51-43-63(52-26-9-3-10-27-52,53-28-11-4-12-29-53)57-32-15-13-31-55(57)62(51)60/h1-21,23-42,46,61H,22,43H2. The minimum Gasteiger partial charge on any atom is -0.309 e. The van der Waals surface area contributed by atoms with Crippen molar-refractivity contribution in [2.45, 2.75) is 24.2 Å². The van der Waals surface area contributed by atoms with E-state index in [9.17, 15) is 0 Å². The third-order valence-corrected chi connectivity index (χ3v) is 14.1. The molecule has 1 heterocycles. The molecule has 0 bridgehead atoms. The molecule has 2 aliphatic rings. The van der Waals surface area contributed by atoms with E-state index in [4.69, 9.17) is 0 Å². The lowest BCUT2D eigenvalue weighted by Crippen LogP contribution is -2.35. The average Bonchev–Trinajstić information content (AvgIpc) is 3.71. The molecule has 2 unspecified atom stereocenters. The van der Waals surface area contributed by atoms with Crippen molar-refractivity contribution in [3.8, 4) is 39.1 Å². The highest BCUT2D eigenvalue weighted by atomic mass is 15.0. The van der Waals surface area contributed by atoms with Gasteiger partial charge in [-0.2, -0.15) is 0 Å². The number of aromatic nitrogens is 1. The zero-order valence-electron chi connectivity index (χ0n) is 35.7. The molecule has 0 saturated carbocycles. The first-order valence-corrected chi connectivity index (χ1v) is 22.7. The largest absolute Gasteiger partial charge is 0.309 e. The maximum atomic E-state index is 2.52. The molecule has 1 nitrogen and oxygen atoms in total. The Morgan fingerprint density at radius 1 is 0.453 bits per heavy atom.